The summed E-state index contributed by atoms with van der Waals surface area (Å²) >= 11 is -3.62. The third-order valence-corrected chi connectivity index (χ3v) is 2.95. The molecule has 0 spiro atoms. The van der Waals surface area contributed by atoms with Crippen LogP contribution in [0.2, 0.25) is 0 Å². The van der Waals surface area contributed by atoms with Crippen molar-refractivity contribution in [2.24, 2.45) is 0 Å². The molecule has 0 aliphatic heterocycles. The van der Waals surface area contributed by atoms with E-state index >= 15 is 0 Å². The molecule has 0 fully saturated rings. The molecule has 26 heavy (non-hydrogen) atoms. The van der Waals surface area contributed by atoms with E-state index in [0.29, 0.717) is 0 Å². The summed E-state index contributed by atoms with van der Waals surface area (Å²) in [7, 11) is 0. The first-order valence-electron chi connectivity index (χ1n) is 5.35. The van der Waals surface area contributed by atoms with Crippen LogP contribution in [0.25, 0.3) is 0 Å². The summed E-state index contributed by atoms with van der Waals surface area (Å²) < 4.78 is 186. The Balaban J connectivity index is -0.00000288. The Kier molecular flexibility index (Phi) is 9.66. The molecule has 0 rings (SSSR count). The molecule has 0 radical (unpaired) electrons. The van der Waals surface area contributed by atoms with Gasteiger partial charge < -0.3 is 10.2 Å². The van der Waals surface area contributed by atoms with Gasteiger partial charge in [-0.1, -0.05) is 0 Å². The quantitative estimate of drug-likeness (QED) is 0.305. The second-order valence-electron chi connectivity index (χ2n) is 4.28. The van der Waals surface area contributed by atoms with Crippen molar-refractivity contribution in [2.75, 3.05) is 6.61 Å². The van der Waals surface area contributed by atoms with E-state index in [-0.39, 0.29) is 52.8 Å². The van der Waals surface area contributed by atoms with Crippen LogP contribution in [0.3, 0.4) is 0 Å². The predicted octanol–water partition coefficient (Wildman–Crippen LogP) is 1.04. The van der Waals surface area contributed by atoms with Gasteiger partial charge in [-0.2, -0.15) is 57.1 Å². The molecule has 0 bridgehead atoms. The van der Waals surface area contributed by atoms with Gasteiger partial charge in [0.15, 0.2) is 0 Å². The minimum atomic E-state index is -7.98. The van der Waals surface area contributed by atoms with Crippen LogP contribution >= 0.6 is 0 Å². The van der Waals surface area contributed by atoms with Crippen molar-refractivity contribution in [1.82, 2.24) is 0 Å². The molecule has 154 valence electrons. The fourth-order valence-electron chi connectivity index (χ4n) is 1.20. The minimum Gasteiger partial charge on any atom is -1.00 e. The SMILES string of the molecule is O=S([O-])OCCC(F)(F)C(F)(F)C(F)(F)C(F)(F)C(F)(F)C(F)(F)F.[H-].[K+]. The molecule has 0 saturated heterocycles. The van der Waals surface area contributed by atoms with Gasteiger partial charge in [-0.05, 0) is 0 Å². The molecule has 0 aromatic carbocycles. The van der Waals surface area contributed by atoms with Crippen LogP contribution in [-0.2, 0) is 15.5 Å². The zero-order valence-corrected chi connectivity index (χ0v) is 15.9. The monoisotopic (exact) mass is 467 g/mol. The first-order chi connectivity index (χ1) is 10.7. The van der Waals surface area contributed by atoms with Crippen LogP contribution in [0.5, 0.6) is 0 Å². The maximum Gasteiger partial charge on any atom is 1.00 e. The topological polar surface area (TPSA) is 49.4 Å². The molecule has 0 saturated carbocycles. The molecular weight excluding hydrogens is 462 g/mol. The molecule has 0 amide bonds. The summed E-state index contributed by atoms with van der Waals surface area (Å²) in [5, 5.41) is 0. The normalized spacial score (nSPS) is 16.2. The molecule has 0 aromatic heterocycles. The summed E-state index contributed by atoms with van der Waals surface area (Å²) in [6.45, 7) is -1.99. The number of rotatable bonds is 8. The zero-order valence-electron chi connectivity index (χ0n) is 13.0. The van der Waals surface area contributed by atoms with E-state index in [2.05, 4.69) is 4.18 Å². The fraction of sp³-hybridized carbons (Fsp3) is 1.00. The average molecular weight is 467 g/mol. The molecule has 0 aromatic rings. The third kappa shape index (κ3) is 5.04. The number of alkyl halides is 13. The summed E-state index contributed by atoms with van der Waals surface area (Å²) in [6, 6.07) is 0. The first-order valence-corrected chi connectivity index (χ1v) is 6.35. The van der Waals surface area contributed by atoms with Crippen molar-refractivity contribution >= 4 is 11.4 Å². The van der Waals surface area contributed by atoms with Crippen LogP contribution < -0.4 is 51.4 Å². The largest absolute Gasteiger partial charge is 1.00 e. The van der Waals surface area contributed by atoms with E-state index in [1.807, 2.05) is 0 Å². The maximum absolute atomic E-state index is 13.0. The number of hydrogen-bond donors (Lipinski definition) is 0. The van der Waals surface area contributed by atoms with Gasteiger partial charge in [0.1, 0.15) is 0 Å². The van der Waals surface area contributed by atoms with Crippen molar-refractivity contribution in [2.45, 2.75) is 42.2 Å². The van der Waals surface area contributed by atoms with Gasteiger partial charge in [0, 0.05) is 6.42 Å². The standard InChI is InChI=1S/C8H5F13O3S.K.H/c9-3(10,1-2-24-25(22)23)4(11,12)5(13,14)6(15,16)7(17,18)8(19,20)21;;/h1-2H2,(H,22,23);;/q;+1;-1/p-1. The second-order valence-corrected chi connectivity index (χ2v) is 4.92. The van der Waals surface area contributed by atoms with Gasteiger partial charge in [0.2, 0.25) is 0 Å². The van der Waals surface area contributed by atoms with Crippen LogP contribution in [-0.4, -0.2) is 51.2 Å². The summed E-state index contributed by atoms with van der Waals surface area (Å²) in [4.78, 5) is 0. The second kappa shape index (κ2) is 8.66. The molecule has 18 heteroatoms. The van der Waals surface area contributed by atoms with Gasteiger partial charge in [0.25, 0.3) is 0 Å². The molecule has 0 aliphatic rings. The Morgan fingerprint density at radius 2 is 1.08 bits per heavy atom. The average Bonchev–Trinajstić information content (AvgIpc) is 2.35. The van der Waals surface area contributed by atoms with Crippen LogP contribution in [0, 0.1) is 0 Å². The Hall–Kier alpha value is 0.796. The van der Waals surface area contributed by atoms with Crippen LogP contribution in [0.4, 0.5) is 57.1 Å². The molecule has 1 unspecified atom stereocenters. The van der Waals surface area contributed by atoms with Crippen molar-refractivity contribution < 1.29 is 123 Å². The van der Waals surface area contributed by atoms with Crippen LogP contribution in [0.1, 0.15) is 7.85 Å². The van der Waals surface area contributed by atoms with E-state index in [4.69, 9.17) is 0 Å². The molecule has 0 heterocycles. The molecule has 1 atom stereocenters. The predicted molar refractivity (Wildman–Crippen MR) is 51.4 cm³/mol. The van der Waals surface area contributed by atoms with Gasteiger partial charge in [-0.25, -0.2) is 4.21 Å². The maximum atomic E-state index is 13.0. The smallest absolute Gasteiger partial charge is 1.00 e. The summed E-state index contributed by atoms with van der Waals surface area (Å²) in [5.74, 6) is -37.4. The Bertz CT molecular complexity index is 512. The number of halogens is 13. The molecule has 0 N–H and O–H groups in total. The minimum absolute atomic E-state index is 0. The van der Waals surface area contributed by atoms with Gasteiger partial charge >= 0.3 is 87.2 Å². The Morgan fingerprint density at radius 1 is 0.731 bits per heavy atom. The third-order valence-electron chi connectivity index (χ3n) is 2.59. The van der Waals surface area contributed by atoms with Crippen molar-refractivity contribution in [3.63, 3.8) is 0 Å². The van der Waals surface area contributed by atoms with Crippen molar-refractivity contribution in [3.05, 3.63) is 0 Å². The van der Waals surface area contributed by atoms with E-state index < -0.39 is 60.2 Å². The zero-order chi connectivity index (χ0) is 20.7. The van der Waals surface area contributed by atoms with Crippen molar-refractivity contribution in [1.29, 1.82) is 0 Å². The van der Waals surface area contributed by atoms with E-state index in [9.17, 15) is 65.8 Å². The Labute approximate surface area is 182 Å². The van der Waals surface area contributed by atoms with Gasteiger partial charge in [-0.3, -0.25) is 0 Å². The first kappa shape index (κ1) is 29.0. The van der Waals surface area contributed by atoms with Gasteiger partial charge in [0.05, 0.1) is 18.0 Å². The van der Waals surface area contributed by atoms with Crippen LogP contribution in [0.15, 0.2) is 0 Å². The number of hydrogen-bond acceptors (Lipinski definition) is 3. The molecular formula is C8H5F13KO3S-. The Morgan fingerprint density at radius 3 is 1.38 bits per heavy atom. The molecule has 3 nitrogen and oxygen atoms in total. The van der Waals surface area contributed by atoms with Crippen molar-refractivity contribution in [3.8, 4) is 0 Å². The molecule has 0 aliphatic carbocycles. The van der Waals surface area contributed by atoms with E-state index in [0.717, 1.165) is 0 Å². The summed E-state index contributed by atoms with van der Waals surface area (Å²) in [5.41, 5.74) is 0. The fourth-order valence-corrected chi connectivity index (χ4v) is 1.42. The van der Waals surface area contributed by atoms with E-state index in [1.165, 1.54) is 0 Å². The van der Waals surface area contributed by atoms with E-state index in [1.54, 1.807) is 0 Å². The summed E-state index contributed by atoms with van der Waals surface area (Å²) in [6.07, 6.45) is -10.2. The van der Waals surface area contributed by atoms with Gasteiger partial charge in [-0.15, -0.1) is 0 Å².